The third-order valence-corrected chi connectivity index (χ3v) is 6.69. The zero-order chi connectivity index (χ0) is 39.1. The van der Waals surface area contributed by atoms with Crippen LogP contribution in [0, 0.1) is 142 Å². The number of hydrogen-bond donors (Lipinski definition) is 5. The van der Waals surface area contributed by atoms with E-state index in [1.807, 2.05) is 30.3 Å². The molecule has 8 nitrogen and oxygen atoms in total. The van der Waals surface area contributed by atoms with Crippen LogP contribution < -0.4 is 5.32 Å². The highest BCUT2D eigenvalue weighted by Gasteiger charge is 2.44. The van der Waals surface area contributed by atoms with Gasteiger partial charge in [0.05, 0.1) is 19.3 Å². The Hall–Kier alpha value is -6.90. The Bertz CT molecular complexity index is 2300. The number of nitrogens with one attached hydrogen (secondary N) is 1. The van der Waals surface area contributed by atoms with Gasteiger partial charge >= 0.3 is 0 Å². The maximum absolute atomic E-state index is 15.4. The number of alkyl halides is 1. The topological polar surface area (TPSA) is 128 Å². The smallest absolute Gasteiger partial charge is 0.297 e. The third-order valence-electron chi connectivity index (χ3n) is 6.69. The van der Waals surface area contributed by atoms with Crippen LogP contribution in [-0.2, 0) is 20.7 Å². The number of amides is 1. The number of carbonyl (C=O) groups is 1. The van der Waals surface area contributed by atoms with Crippen LogP contribution in [0.3, 0.4) is 0 Å². The molecule has 1 aliphatic heterocycles. The van der Waals surface area contributed by atoms with Crippen LogP contribution in [0.4, 0.5) is 4.39 Å². The van der Waals surface area contributed by atoms with Crippen molar-refractivity contribution in [3.8, 4) is 142 Å². The fraction of sp³-hybridized carbons (Fsp3) is 0.311. The van der Waals surface area contributed by atoms with Crippen molar-refractivity contribution >= 4 is 5.91 Å². The lowest BCUT2D eigenvalue weighted by Crippen LogP contribution is -2.59. The number of aryl methyl sites for hydroxylation is 1. The molecule has 1 aliphatic rings. The van der Waals surface area contributed by atoms with E-state index in [4.69, 9.17) is 9.47 Å². The summed E-state index contributed by atoms with van der Waals surface area (Å²) >= 11 is 0. The number of rotatable bonds is 11. The van der Waals surface area contributed by atoms with Crippen molar-refractivity contribution in [3.05, 3.63) is 35.9 Å². The lowest BCUT2D eigenvalue weighted by Gasteiger charge is -2.40. The van der Waals surface area contributed by atoms with Crippen LogP contribution in [0.15, 0.2) is 30.3 Å². The molecule has 1 fully saturated rings. The van der Waals surface area contributed by atoms with Gasteiger partial charge in [-0.1, -0.05) is 42.7 Å². The first-order chi connectivity index (χ1) is 26.4. The molecule has 1 aromatic carbocycles. The predicted molar refractivity (Wildman–Crippen MR) is 250 cm³/mol. The van der Waals surface area contributed by atoms with E-state index < -0.39 is 62.0 Å². The fourth-order valence-electron chi connectivity index (χ4n) is 4.13. The zero-order valence-corrected chi connectivity index (χ0v) is 29.1. The average molecular weight is 766 g/mol. The molecule has 0 aliphatic carbocycles. The van der Waals surface area contributed by atoms with Gasteiger partial charge in [-0.2, -0.15) is 0 Å². The summed E-state index contributed by atoms with van der Waals surface area (Å²) < 4.78 is 26.2. The Balaban J connectivity index is -0.0000000600. The molecule has 1 saturated heterocycles. The molecular formula is C45H80FNO7. The third kappa shape index (κ3) is 18.9. The van der Waals surface area contributed by atoms with Crippen LogP contribution in [0.2, 0.25) is 0 Å². The Morgan fingerprint density at radius 2 is 1.22 bits per heavy atom. The maximum Gasteiger partial charge on any atom is 0.297 e. The van der Waals surface area contributed by atoms with E-state index in [0.717, 1.165) is 12.0 Å². The first kappa shape index (κ1) is 43.3. The van der Waals surface area contributed by atoms with Crippen molar-refractivity contribution in [2.24, 2.45) is 0 Å². The monoisotopic (exact) mass is 766 g/mol. The molecule has 314 valence electrons. The Morgan fingerprint density at radius 1 is 0.741 bits per heavy atom. The van der Waals surface area contributed by atoms with Crippen molar-refractivity contribution in [2.75, 3.05) is 13.2 Å². The van der Waals surface area contributed by atoms with Crippen LogP contribution in [0.5, 0.6) is 0 Å². The quantitative estimate of drug-likeness (QED) is 0.138. The molecule has 54 heavy (non-hydrogen) atoms. The van der Waals surface area contributed by atoms with E-state index in [0.29, 0.717) is 12.8 Å². The molecule has 0 bridgehead atoms. The van der Waals surface area contributed by atoms with E-state index in [1.54, 1.807) is 6.92 Å². The molecule has 9 heteroatoms. The van der Waals surface area contributed by atoms with Crippen molar-refractivity contribution in [1.82, 2.24) is 5.32 Å². The molecule has 0 saturated carbocycles. The molecule has 2 unspecified atom stereocenters. The van der Waals surface area contributed by atoms with Gasteiger partial charge in [-0.15, -0.1) is 0 Å². The summed E-state index contributed by atoms with van der Waals surface area (Å²) in [6, 6.07) is 8.51. The van der Waals surface area contributed by atoms with Crippen molar-refractivity contribution in [3.63, 3.8) is 0 Å². The highest BCUT2D eigenvalue weighted by Crippen LogP contribution is 2.23. The minimum absolute atomic E-state index is 0. The molecule has 2 rings (SSSR count). The number of benzene rings is 1. The van der Waals surface area contributed by atoms with Crippen LogP contribution in [0.1, 0.15) is 66.0 Å². The highest BCUT2D eigenvalue weighted by molar-refractivity contribution is 5.94. The maximum atomic E-state index is 15.4. The summed E-state index contributed by atoms with van der Waals surface area (Å²) in [5.41, 5.74) is 1.12. The van der Waals surface area contributed by atoms with Gasteiger partial charge in [0.15, 0.2) is 6.29 Å². The number of aliphatic hydroxyl groups is 4. The summed E-state index contributed by atoms with van der Waals surface area (Å²) in [6.45, 7) is 0.544. The molecule has 7 atom stereocenters. The van der Waals surface area contributed by atoms with E-state index in [-0.39, 0.29) is 40.7 Å². The number of hydrogen-bond acceptors (Lipinski definition) is 7. The minimum Gasteiger partial charge on any atom is -0.394 e. The summed E-state index contributed by atoms with van der Waals surface area (Å²) in [6.07, 6.45) is -7.19. The van der Waals surface area contributed by atoms with Gasteiger partial charge < -0.3 is 35.2 Å². The van der Waals surface area contributed by atoms with Gasteiger partial charge in [-0.25, -0.2) is 4.39 Å². The second kappa shape index (κ2) is 27.8. The van der Waals surface area contributed by atoms with Gasteiger partial charge in [-0.3, -0.25) is 4.79 Å². The van der Waals surface area contributed by atoms with Gasteiger partial charge in [0.1, 0.15) is 30.6 Å². The van der Waals surface area contributed by atoms with Gasteiger partial charge in [-0.05, 0) is 126 Å². The first-order valence-corrected chi connectivity index (χ1v) is 16.2. The normalized spacial score (nSPS) is 17.7. The molecule has 0 radical (unpaired) electrons. The highest BCUT2D eigenvalue weighted by atomic mass is 19.1. The number of halogens is 1. The summed E-state index contributed by atoms with van der Waals surface area (Å²) in [5, 5.41) is 42.2. The summed E-state index contributed by atoms with van der Waals surface area (Å²) in [4.78, 5) is 12.5. The molecular weight excluding hydrogens is 685 g/mol. The fourth-order valence-corrected chi connectivity index (χ4v) is 4.13. The van der Waals surface area contributed by atoms with E-state index >= 15 is 4.39 Å². The molecule has 0 aromatic heterocycles. The van der Waals surface area contributed by atoms with Crippen LogP contribution in [0.25, 0.3) is 0 Å². The second-order valence-corrected chi connectivity index (χ2v) is 10.5. The van der Waals surface area contributed by atoms with Crippen molar-refractivity contribution in [2.45, 2.75) is 75.5 Å². The zero-order valence-electron chi connectivity index (χ0n) is 29.1. The molecule has 1 aromatic rings. The van der Waals surface area contributed by atoms with E-state index in [2.05, 4.69) is 147 Å². The first-order valence-electron chi connectivity index (χ1n) is 16.2. The predicted octanol–water partition coefficient (Wildman–Crippen LogP) is 6.00. The Labute approximate surface area is 352 Å². The minimum atomic E-state index is -1.69. The van der Waals surface area contributed by atoms with Gasteiger partial charge in [0.25, 0.3) is 5.91 Å². The van der Waals surface area contributed by atoms with Crippen molar-refractivity contribution in [1.29, 1.82) is 0 Å². The summed E-state index contributed by atoms with van der Waals surface area (Å²) in [7, 11) is 0. The van der Waals surface area contributed by atoms with E-state index in [1.165, 1.54) is 0 Å². The lowest BCUT2D eigenvalue weighted by molar-refractivity contribution is -0.302. The van der Waals surface area contributed by atoms with Crippen LogP contribution >= 0.6 is 0 Å². The molecule has 1 amide bonds. The molecule has 5 N–H and O–H groups in total. The van der Waals surface area contributed by atoms with Gasteiger partial charge in [0, 0.05) is 75.7 Å². The van der Waals surface area contributed by atoms with Crippen molar-refractivity contribution < 1.29 is 73.3 Å². The number of unbranched alkanes of at least 4 members (excludes halogenated alkanes) is 1. The SMILES string of the molecule is CC#CC#CC#CC#CC#CC#CC#CC#CC#CC#CC#CC#CC(=O)N[C@@H](CO[C@H]1OC(CO)[C@H](O)[C@H](O)C1O)[C@H](F)CCCCc1ccccc1.[HH].[HH].[HH].[HH].[HH].[HH].[HH].[HH].[HH].[HH].[HH].[HH].[HH].[HH].[HH].[HH].[HH].[HH].[HH].[HH].[HH].[HH].[HH].[HH]. The van der Waals surface area contributed by atoms with Gasteiger partial charge in [0.2, 0.25) is 0 Å². The molecule has 0 spiro atoms. The van der Waals surface area contributed by atoms with E-state index in [9.17, 15) is 25.2 Å². The number of ether oxygens (including phenoxy) is 2. The Kier molecular flexibility index (Phi) is 22.3. The van der Waals surface area contributed by atoms with Crippen LogP contribution in [-0.4, -0.2) is 82.5 Å². The number of carbonyl (C=O) groups excluding carboxylic acids is 1. The largest absolute Gasteiger partial charge is 0.394 e. The second-order valence-electron chi connectivity index (χ2n) is 10.5. The number of aliphatic hydroxyl groups excluding tert-OH is 4. The Morgan fingerprint density at radius 3 is 1.70 bits per heavy atom. The average Bonchev–Trinajstić information content (AvgIpc) is 3.18. The molecule has 1 heterocycles. The summed E-state index contributed by atoms with van der Waals surface area (Å²) in [5.74, 6) is 58.2. The lowest BCUT2D eigenvalue weighted by atomic mass is 9.99. The standard InChI is InChI=1S/C45H32FNO7.24H2/c1-2-3-4-5-6-7-8-9-10-11-12-13-14-15-16-17-18-19-20-21-22-23-27-34-41(49)47-39(38(46)33-29-28-32-37-30-25-24-26-31-37)36-53-45-44(52)43(51)42(50)40(35-48)54-45;;;;;;;;;;;;;;;;;;;;;;;;/h24-26,30-31,38-40,42-45,48,50-52H,28-29,32-33,35-36H2,1H3,(H,47,49);24*1H/t38-,39+,40?,42+,43+,44?,45+;;;;;;;;;;;;;;;;;;;;;;;;/m1......................../s1.